The van der Waals surface area contributed by atoms with Gasteiger partial charge in [-0.05, 0) is 24.5 Å². The average Bonchev–Trinajstić information content (AvgIpc) is 2.98. The van der Waals surface area contributed by atoms with Gasteiger partial charge in [-0.2, -0.15) is 4.98 Å². The quantitative estimate of drug-likeness (QED) is 0.796. The first-order valence-electron chi connectivity index (χ1n) is 6.93. The molecule has 0 bridgehead atoms. The van der Waals surface area contributed by atoms with Crippen molar-refractivity contribution in [3.8, 4) is 11.4 Å². The standard InChI is InChI=1S/C17H17N3O/c1-12-7-5-6-10-14(12)16-19-17(21-20-16)15(18)11-13-8-3-2-4-9-13/h2-10,15H,11,18H2,1H3. The van der Waals surface area contributed by atoms with Crippen LogP contribution in [-0.2, 0) is 6.42 Å². The van der Waals surface area contributed by atoms with Crippen molar-refractivity contribution in [2.75, 3.05) is 0 Å². The third-order valence-electron chi connectivity index (χ3n) is 3.44. The maximum absolute atomic E-state index is 6.16. The zero-order valence-electron chi connectivity index (χ0n) is 11.9. The Hall–Kier alpha value is -2.46. The first-order chi connectivity index (χ1) is 10.2. The molecule has 2 aromatic carbocycles. The molecule has 0 aliphatic heterocycles. The minimum Gasteiger partial charge on any atom is -0.337 e. The summed E-state index contributed by atoms with van der Waals surface area (Å²) >= 11 is 0. The van der Waals surface area contributed by atoms with E-state index in [-0.39, 0.29) is 6.04 Å². The number of nitrogens with two attached hydrogens (primary N) is 1. The Balaban J connectivity index is 1.80. The van der Waals surface area contributed by atoms with Crippen molar-refractivity contribution in [2.24, 2.45) is 5.73 Å². The van der Waals surface area contributed by atoms with Gasteiger partial charge in [0.25, 0.3) is 0 Å². The van der Waals surface area contributed by atoms with Crippen LogP contribution < -0.4 is 5.73 Å². The molecule has 4 heteroatoms. The smallest absolute Gasteiger partial charge is 0.244 e. The average molecular weight is 279 g/mol. The second kappa shape index (κ2) is 5.89. The Kier molecular flexibility index (Phi) is 3.79. The summed E-state index contributed by atoms with van der Waals surface area (Å²) in [5, 5.41) is 4.04. The van der Waals surface area contributed by atoms with Gasteiger partial charge in [-0.25, -0.2) is 0 Å². The Morgan fingerprint density at radius 2 is 1.76 bits per heavy atom. The molecule has 2 N–H and O–H groups in total. The van der Waals surface area contributed by atoms with Gasteiger partial charge in [-0.3, -0.25) is 0 Å². The minimum absolute atomic E-state index is 0.294. The molecule has 106 valence electrons. The summed E-state index contributed by atoms with van der Waals surface area (Å²) in [6.45, 7) is 2.02. The SMILES string of the molecule is Cc1ccccc1-c1noc(C(N)Cc2ccccc2)n1. The molecule has 0 saturated carbocycles. The topological polar surface area (TPSA) is 64.9 Å². The summed E-state index contributed by atoms with van der Waals surface area (Å²) in [5.74, 6) is 1.06. The molecule has 0 aliphatic carbocycles. The van der Waals surface area contributed by atoms with Gasteiger partial charge in [0, 0.05) is 5.56 Å². The fraction of sp³-hybridized carbons (Fsp3) is 0.176. The van der Waals surface area contributed by atoms with Gasteiger partial charge in [0.15, 0.2) is 0 Å². The lowest BCUT2D eigenvalue weighted by molar-refractivity contribution is 0.354. The summed E-state index contributed by atoms with van der Waals surface area (Å²) < 4.78 is 5.32. The molecule has 1 atom stereocenters. The van der Waals surface area contributed by atoms with Gasteiger partial charge < -0.3 is 10.3 Å². The van der Waals surface area contributed by atoms with Crippen molar-refractivity contribution in [3.05, 3.63) is 71.6 Å². The van der Waals surface area contributed by atoms with E-state index in [2.05, 4.69) is 10.1 Å². The zero-order valence-corrected chi connectivity index (χ0v) is 11.9. The molecule has 0 fully saturated rings. The molecular weight excluding hydrogens is 262 g/mol. The van der Waals surface area contributed by atoms with E-state index < -0.39 is 0 Å². The highest BCUT2D eigenvalue weighted by Crippen LogP contribution is 2.22. The van der Waals surface area contributed by atoms with Crippen LogP contribution in [0.25, 0.3) is 11.4 Å². The fourth-order valence-corrected chi connectivity index (χ4v) is 2.27. The van der Waals surface area contributed by atoms with E-state index in [4.69, 9.17) is 10.3 Å². The number of nitrogens with zero attached hydrogens (tertiary/aromatic N) is 2. The van der Waals surface area contributed by atoms with Crippen molar-refractivity contribution in [2.45, 2.75) is 19.4 Å². The number of aryl methyl sites for hydroxylation is 1. The van der Waals surface area contributed by atoms with Crippen LogP contribution in [0.5, 0.6) is 0 Å². The van der Waals surface area contributed by atoms with E-state index in [1.165, 1.54) is 0 Å². The number of hydrogen-bond acceptors (Lipinski definition) is 4. The highest BCUT2D eigenvalue weighted by molar-refractivity contribution is 5.58. The minimum atomic E-state index is -0.294. The van der Waals surface area contributed by atoms with Gasteiger partial charge in [0.2, 0.25) is 11.7 Å². The number of benzene rings is 2. The normalized spacial score (nSPS) is 12.3. The van der Waals surface area contributed by atoms with Crippen LogP contribution in [0, 0.1) is 6.92 Å². The number of rotatable bonds is 4. The maximum Gasteiger partial charge on any atom is 0.244 e. The summed E-state index contributed by atoms with van der Waals surface area (Å²) in [6, 6.07) is 17.7. The first-order valence-corrected chi connectivity index (χ1v) is 6.93. The summed E-state index contributed by atoms with van der Waals surface area (Å²) in [4.78, 5) is 4.43. The van der Waals surface area contributed by atoms with Gasteiger partial charge in [0.05, 0.1) is 6.04 Å². The Labute approximate surface area is 123 Å². The molecule has 3 aromatic rings. The van der Waals surface area contributed by atoms with E-state index in [1.807, 2.05) is 61.5 Å². The predicted molar refractivity (Wildman–Crippen MR) is 81.5 cm³/mol. The molecule has 0 amide bonds. The predicted octanol–water partition coefficient (Wildman–Crippen LogP) is 3.29. The second-order valence-corrected chi connectivity index (χ2v) is 5.07. The molecular formula is C17H17N3O. The van der Waals surface area contributed by atoms with E-state index in [0.717, 1.165) is 16.7 Å². The molecule has 0 radical (unpaired) electrons. The zero-order chi connectivity index (χ0) is 14.7. The van der Waals surface area contributed by atoms with Crippen molar-refractivity contribution in [1.82, 2.24) is 10.1 Å². The van der Waals surface area contributed by atoms with E-state index in [0.29, 0.717) is 18.1 Å². The molecule has 1 aromatic heterocycles. The lowest BCUT2D eigenvalue weighted by atomic mass is 10.1. The van der Waals surface area contributed by atoms with E-state index in [9.17, 15) is 0 Å². The molecule has 1 unspecified atom stereocenters. The molecule has 21 heavy (non-hydrogen) atoms. The summed E-state index contributed by atoms with van der Waals surface area (Å²) in [7, 11) is 0. The molecule has 3 rings (SSSR count). The third-order valence-corrected chi connectivity index (χ3v) is 3.44. The van der Waals surface area contributed by atoms with Crippen LogP contribution in [0.2, 0.25) is 0 Å². The lowest BCUT2D eigenvalue weighted by Crippen LogP contribution is -2.13. The molecule has 0 spiro atoms. The van der Waals surface area contributed by atoms with Gasteiger partial charge in [-0.1, -0.05) is 59.8 Å². The molecule has 0 aliphatic rings. The molecule has 0 saturated heterocycles. The molecule has 4 nitrogen and oxygen atoms in total. The van der Waals surface area contributed by atoms with Crippen molar-refractivity contribution < 1.29 is 4.52 Å². The van der Waals surface area contributed by atoms with Crippen LogP contribution in [0.15, 0.2) is 59.1 Å². The van der Waals surface area contributed by atoms with Crippen molar-refractivity contribution in [3.63, 3.8) is 0 Å². The number of hydrogen-bond donors (Lipinski definition) is 1. The van der Waals surface area contributed by atoms with Crippen LogP contribution >= 0.6 is 0 Å². The highest BCUT2D eigenvalue weighted by atomic mass is 16.5. The Morgan fingerprint density at radius 3 is 2.52 bits per heavy atom. The van der Waals surface area contributed by atoms with E-state index >= 15 is 0 Å². The van der Waals surface area contributed by atoms with Crippen LogP contribution in [0.1, 0.15) is 23.1 Å². The lowest BCUT2D eigenvalue weighted by Gasteiger charge is -2.06. The van der Waals surface area contributed by atoms with E-state index in [1.54, 1.807) is 0 Å². The summed E-state index contributed by atoms with van der Waals surface area (Å²) in [6.07, 6.45) is 0.677. The number of aromatic nitrogens is 2. The first kappa shape index (κ1) is 13.5. The molecule has 1 heterocycles. The van der Waals surface area contributed by atoms with Crippen molar-refractivity contribution in [1.29, 1.82) is 0 Å². The van der Waals surface area contributed by atoms with Gasteiger partial charge in [0.1, 0.15) is 0 Å². The maximum atomic E-state index is 6.16. The van der Waals surface area contributed by atoms with Gasteiger partial charge >= 0.3 is 0 Å². The fourth-order valence-electron chi connectivity index (χ4n) is 2.27. The monoisotopic (exact) mass is 279 g/mol. The largest absolute Gasteiger partial charge is 0.337 e. The van der Waals surface area contributed by atoms with Crippen LogP contribution in [-0.4, -0.2) is 10.1 Å². The highest BCUT2D eigenvalue weighted by Gasteiger charge is 2.16. The van der Waals surface area contributed by atoms with Crippen LogP contribution in [0.3, 0.4) is 0 Å². The van der Waals surface area contributed by atoms with Crippen LogP contribution in [0.4, 0.5) is 0 Å². The van der Waals surface area contributed by atoms with Gasteiger partial charge in [-0.15, -0.1) is 0 Å². The second-order valence-electron chi connectivity index (χ2n) is 5.07. The Bertz CT molecular complexity index is 722. The third kappa shape index (κ3) is 3.01. The Morgan fingerprint density at radius 1 is 1.05 bits per heavy atom. The van der Waals surface area contributed by atoms with Crippen molar-refractivity contribution >= 4 is 0 Å². The summed E-state index contributed by atoms with van der Waals surface area (Å²) in [5.41, 5.74) is 9.40.